The molecule has 0 aromatic heterocycles. The van der Waals surface area contributed by atoms with E-state index in [1.54, 1.807) is 6.92 Å². The lowest BCUT2D eigenvalue weighted by molar-refractivity contribution is -0.149. The molecule has 0 aromatic rings. The zero-order valence-electron chi connectivity index (χ0n) is 8.22. The first-order chi connectivity index (χ1) is 5.54. The first-order valence-electron chi connectivity index (χ1n) is 4.50. The maximum atomic E-state index is 11.2. The number of carbonyl (C=O) groups excluding carboxylic acids is 1. The van der Waals surface area contributed by atoms with Crippen molar-refractivity contribution in [3.8, 4) is 0 Å². The van der Waals surface area contributed by atoms with E-state index in [0.29, 0.717) is 13.0 Å². The number of rotatable bonds is 5. The Kier molecular flexibility index (Phi) is 4.90. The summed E-state index contributed by atoms with van der Waals surface area (Å²) in [5.41, 5.74) is 4.86. The van der Waals surface area contributed by atoms with Crippen molar-refractivity contribution in [3.63, 3.8) is 0 Å². The van der Waals surface area contributed by atoms with Crippen molar-refractivity contribution in [1.82, 2.24) is 0 Å². The van der Waals surface area contributed by atoms with Gasteiger partial charge in [0.15, 0.2) is 0 Å². The molecule has 0 bridgehead atoms. The molecular weight excluding hydrogens is 154 g/mol. The van der Waals surface area contributed by atoms with Crippen LogP contribution in [0.25, 0.3) is 0 Å². The van der Waals surface area contributed by atoms with Gasteiger partial charge < -0.3 is 10.5 Å². The number of ether oxygens (including phenoxy) is 1. The second kappa shape index (κ2) is 5.14. The zero-order chi connectivity index (χ0) is 9.61. The molecule has 12 heavy (non-hydrogen) atoms. The SMILES string of the molecule is CCCCOC(=O)C(C)(N)CC. The van der Waals surface area contributed by atoms with Crippen molar-refractivity contribution >= 4 is 5.97 Å². The Balaban J connectivity index is 3.72. The molecule has 2 N–H and O–H groups in total. The van der Waals surface area contributed by atoms with Crippen LogP contribution in [0.2, 0.25) is 0 Å². The molecule has 0 aliphatic carbocycles. The van der Waals surface area contributed by atoms with Crippen LogP contribution in [-0.2, 0) is 9.53 Å². The Labute approximate surface area is 74.3 Å². The molecule has 0 fully saturated rings. The number of unbranched alkanes of at least 4 members (excludes halogenated alkanes) is 1. The molecule has 0 saturated heterocycles. The third kappa shape index (κ3) is 3.72. The largest absolute Gasteiger partial charge is 0.464 e. The van der Waals surface area contributed by atoms with Gasteiger partial charge in [0.2, 0.25) is 0 Å². The summed E-state index contributed by atoms with van der Waals surface area (Å²) in [6.45, 7) is 6.11. The highest BCUT2D eigenvalue weighted by molar-refractivity contribution is 5.79. The third-order valence-electron chi connectivity index (χ3n) is 1.93. The van der Waals surface area contributed by atoms with Crippen LogP contribution in [0.1, 0.15) is 40.0 Å². The zero-order valence-corrected chi connectivity index (χ0v) is 8.22. The molecule has 0 heterocycles. The number of hydrogen-bond acceptors (Lipinski definition) is 3. The fraction of sp³-hybridized carbons (Fsp3) is 0.889. The number of esters is 1. The predicted molar refractivity (Wildman–Crippen MR) is 48.8 cm³/mol. The Morgan fingerprint density at radius 2 is 2.08 bits per heavy atom. The lowest BCUT2D eigenvalue weighted by Crippen LogP contribution is -2.45. The molecule has 0 spiro atoms. The van der Waals surface area contributed by atoms with Crippen LogP contribution < -0.4 is 5.73 Å². The van der Waals surface area contributed by atoms with Gasteiger partial charge in [0.25, 0.3) is 0 Å². The monoisotopic (exact) mass is 173 g/mol. The fourth-order valence-corrected chi connectivity index (χ4v) is 0.618. The Morgan fingerprint density at radius 1 is 1.50 bits per heavy atom. The summed E-state index contributed by atoms with van der Waals surface area (Å²) in [7, 11) is 0. The van der Waals surface area contributed by atoms with Crippen molar-refractivity contribution in [2.75, 3.05) is 6.61 Å². The normalized spacial score (nSPS) is 15.3. The van der Waals surface area contributed by atoms with Gasteiger partial charge >= 0.3 is 5.97 Å². The van der Waals surface area contributed by atoms with E-state index in [2.05, 4.69) is 6.92 Å². The quantitative estimate of drug-likeness (QED) is 0.506. The molecule has 0 saturated carbocycles. The maximum absolute atomic E-state index is 11.2. The van der Waals surface area contributed by atoms with E-state index in [-0.39, 0.29) is 5.97 Å². The molecule has 72 valence electrons. The smallest absolute Gasteiger partial charge is 0.325 e. The average Bonchev–Trinajstić information content (AvgIpc) is 2.05. The number of carbonyl (C=O) groups is 1. The summed E-state index contributed by atoms with van der Waals surface area (Å²) >= 11 is 0. The molecule has 1 atom stereocenters. The lowest BCUT2D eigenvalue weighted by atomic mass is 10.0. The first kappa shape index (κ1) is 11.4. The van der Waals surface area contributed by atoms with E-state index >= 15 is 0 Å². The minimum absolute atomic E-state index is 0.293. The number of nitrogens with two attached hydrogens (primary N) is 1. The van der Waals surface area contributed by atoms with E-state index in [0.717, 1.165) is 12.8 Å². The minimum atomic E-state index is -0.812. The summed E-state index contributed by atoms with van der Waals surface area (Å²) < 4.78 is 4.97. The van der Waals surface area contributed by atoms with Gasteiger partial charge in [-0.2, -0.15) is 0 Å². The highest BCUT2D eigenvalue weighted by Gasteiger charge is 2.27. The minimum Gasteiger partial charge on any atom is -0.464 e. The molecule has 0 aliphatic rings. The van der Waals surface area contributed by atoms with Crippen molar-refractivity contribution in [2.45, 2.75) is 45.6 Å². The van der Waals surface area contributed by atoms with Crippen molar-refractivity contribution in [2.24, 2.45) is 5.73 Å². The van der Waals surface area contributed by atoms with Gasteiger partial charge in [0, 0.05) is 0 Å². The summed E-state index contributed by atoms with van der Waals surface area (Å²) in [5.74, 6) is -0.293. The van der Waals surface area contributed by atoms with Gasteiger partial charge in [-0.15, -0.1) is 0 Å². The van der Waals surface area contributed by atoms with E-state index in [1.165, 1.54) is 0 Å². The van der Waals surface area contributed by atoms with Crippen LogP contribution in [0.5, 0.6) is 0 Å². The van der Waals surface area contributed by atoms with Gasteiger partial charge in [-0.3, -0.25) is 4.79 Å². The highest BCUT2D eigenvalue weighted by Crippen LogP contribution is 2.07. The molecule has 0 radical (unpaired) electrons. The molecule has 3 nitrogen and oxygen atoms in total. The first-order valence-corrected chi connectivity index (χ1v) is 4.50. The van der Waals surface area contributed by atoms with Crippen molar-refractivity contribution in [1.29, 1.82) is 0 Å². The van der Waals surface area contributed by atoms with Crippen molar-refractivity contribution in [3.05, 3.63) is 0 Å². The van der Waals surface area contributed by atoms with Crippen LogP contribution >= 0.6 is 0 Å². The van der Waals surface area contributed by atoms with E-state index in [9.17, 15) is 4.79 Å². The molecule has 0 aliphatic heterocycles. The van der Waals surface area contributed by atoms with Gasteiger partial charge in [0.05, 0.1) is 6.61 Å². The Hall–Kier alpha value is -0.570. The third-order valence-corrected chi connectivity index (χ3v) is 1.93. The van der Waals surface area contributed by atoms with Crippen LogP contribution in [0.4, 0.5) is 0 Å². The van der Waals surface area contributed by atoms with Crippen LogP contribution in [0, 0.1) is 0 Å². The van der Waals surface area contributed by atoms with Gasteiger partial charge in [0.1, 0.15) is 5.54 Å². The highest BCUT2D eigenvalue weighted by atomic mass is 16.5. The van der Waals surface area contributed by atoms with Crippen molar-refractivity contribution < 1.29 is 9.53 Å². The second-order valence-electron chi connectivity index (χ2n) is 3.26. The summed E-state index contributed by atoms with van der Waals surface area (Å²) in [6, 6.07) is 0. The van der Waals surface area contributed by atoms with E-state index < -0.39 is 5.54 Å². The standard InChI is InChI=1S/C9H19NO2/c1-4-6-7-12-8(11)9(3,10)5-2/h4-7,10H2,1-3H3. The van der Waals surface area contributed by atoms with E-state index in [1.807, 2.05) is 6.92 Å². The summed E-state index contributed by atoms with van der Waals surface area (Å²) in [5, 5.41) is 0. The molecule has 1 unspecified atom stereocenters. The van der Waals surface area contributed by atoms with Gasteiger partial charge in [-0.25, -0.2) is 0 Å². The van der Waals surface area contributed by atoms with Crippen LogP contribution in [0.15, 0.2) is 0 Å². The molecule has 0 amide bonds. The predicted octanol–water partition coefficient (Wildman–Crippen LogP) is 1.46. The summed E-state index contributed by atoms with van der Waals surface area (Å²) in [6.07, 6.45) is 2.55. The molecule has 0 rings (SSSR count). The van der Waals surface area contributed by atoms with Gasteiger partial charge in [-0.05, 0) is 19.8 Å². The second-order valence-corrected chi connectivity index (χ2v) is 3.26. The average molecular weight is 173 g/mol. The summed E-state index contributed by atoms with van der Waals surface area (Å²) in [4.78, 5) is 11.2. The van der Waals surface area contributed by atoms with Crippen LogP contribution in [0.3, 0.4) is 0 Å². The van der Waals surface area contributed by atoms with Crippen LogP contribution in [-0.4, -0.2) is 18.1 Å². The molecular formula is C9H19NO2. The number of hydrogen-bond donors (Lipinski definition) is 1. The molecule has 3 heteroatoms. The topological polar surface area (TPSA) is 52.3 Å². The molecule has 0 aromatic carbocycles. The maximum Gasteiger partial charge on any atom is 0.325 e. The fourth-order valence-electron chi connectivity index (χ4n) is 0.618. The Morgan fingerprint density at radius 3 is 2.50 bits per heavy atom. The Bertz CT molecular complexity index is 143. The lowest BCUT2D eigenvalue weighted by Gasteiger charge is -2.20. The van der Waals surface area contributed by atoms with Gasteiger partial charge in [-0.1, -0.05) is 20.3 Å². The van der Waals surface area contributed by atoms with E-state index in [4.69, 9.17) is 10.5 Å².